The second-order valence-corrected chi connectivity index (χ2v) is 9.45. The molecule has 3 aromatic rings. The van der Waals surface area contributed by atoms with Crippen LogP contribution in [0.3, 0.4) is 0 Å². The van der Waals surface area contributed by atoms with E-state index in [4.69, 9.17) is 4.74 Å². The minimum absolute atomic E-state index is 0.257. The third-order valence-corrected chi connectivity index (χ3v) is 6.86. The second-order valence-electron chi connectivity index (χ2n) is 8.33. The van der Waals surface area contributed by atoms with Crippen molar-refractivity contribution in [3.8, 4) is 0 Å². The average molecular weight is 493 g/mol. The molecule has 0 amide bonds. The van der Waals surface area contributed by atoms with Crippen LogP contribution < -0.4 is 10.2 Å². The van der Waals surface area contributed by atoms with Crippen LogP contribution in [0.5, 0.6) is 0 Å². The normalized spacial score (nSPS) is 17.1. The molecule has 182 valence electrons. The summed E-state index contributed by atoms with van der Waals surface area (Å²) in [6.45, 7) is 4.38. The number of hydrogen-bond donors (Lipinski definition) is 1. The van der Waals surface area contributed by atoms with Gasteiger partial charge in [-0.1, -0.05) is 12.1 Å². The molecule has 6 nitrogen and oxygen atoms in total. The average Bonchev–Trinajstić information content (AvgIpc) is 3.05. The number of rotatable bonds is 7. The van der Waals surface area contributed by atoms with E-state index >= 15 is 0 Å². The standard InChI is InChI=1S/C24H27F3N4O2S/c1-2-33-23(32)17-7-5-16(6-8-17)14-28-18-4-3-10-31(11-9-18)21-20-12-19(13-24(25,26)27)34-22(20)30-15-29-21/h5-8,12,15,18,28H,2-4,9-11,13-14H2,1H3. The smallest absolute Gasteiger partial charge is 0.393 e. The summed E-state index contributed by atoms with van der Waals surface area (Å²) in [7, 11) is 0. The first-order valence-electron chi connectivity index (χ1n) is 11.4. The summed E-state index contributed by atoms with van der Waals surface area (Å²) in [4.78, 5) is 23.4. The molecule has 0 bridgehead atoms. The number of carbonyl (C=O) groups is 1. The molecule has 1 fully saturated rings. The van der Waals surface area contributed by atoms with Crippen molar-refractivity contribution in [1.29, 1.82) is 0 Å². The van der Waals surface area contributed by atoms with Crippen LogP contribution in [-0.4, -0.2) is 47.9 Å². The van der Waals surface area contributed by atoms with Crippen LogP contribution in [0.1, 0.15) is 47.0 Å². The van der Waals surface area contributed by atoms with E-state index in [2.05, 4.69) is 20.2 Å². The Morgan fingerprint density at radius 2 is 2.00 bits per heavy atom. The Balaban J connectivity index is 1.36. The third-order valence-electron chi connectivity index (χ3n) is 5.82. The number of fused-ring (bicyclic) bond motifs is 1. The first kappa shape index (κ1) is 24.4. The summed E-state index contributed by atoms with van der Waals surface area (Å²) in [6, 6.07) is 9.30. The van der Waals surface area contributed by atoms with E-state index in [0.29, 0.717) is 40.8 Å². The van der Waals surface area contributed by atoms with Crippen LogP contribution >= 0.6 is 11.3 Å². The Morgan fingerprint density at radius 3 is 2.74 bits per heavy atom. The molecule has 3 heterocycles. The lowest BCUT2D eigenvalue weighted by Crippen LogP contribution is -2.31. The number of aromatic nitrogens is 2. The summed E-state index contributed by atoms with van der Waals surface area (Å²) in [5.74, 6) is 0.394. The van der Waals surface area contributed by atoms with Gasteiger partial charge in [-0.05, 0) is 49.9 Å². The van der Waals surface area contributed by atoms with Gasteiger partial charge in [0.2, 0.25) is 0 Å². The predicted molar refractivity (Wildman–Crippen MR) is 126 cm³/mol. The molecule has 1 N–H and O–H groups in total. The molecular weight excluding hydrogens is 465 g/mol. The van der Waals surface area contributed by atoms with Crippen molar-refractivity contribution in [2.45, 2.75) is 51.4 Å². The Bertz CT molecular complexity index is 1120. The van der Waals surface area contributed by atoms with Crippen molar-refractivity contribution in [2.24, 2.45) is 0 Å². The van der Waals surface area contributed by atoms with Crippen molar-refractivity contribution in [3.05, 3.63) is 52.7 Å². The number of hydrogen-bond acceptors (Lipinski definition) is 7. The van der Waals surface area contributed by atoms with Gasteiger partial charge in [0.15, 0.2) is 0 Å². The zero-order valence-corrected chi connectivity index (χ0v) is 19.7. The SMILES string of the molecule is CCOC(=O)c1ccc(CNC2CCCN(c3ncnc4sc(CC(F)(F)F)cc34)CC2)cc1. The molecule has 0 saturated carbocycles. The van der Waals surface area contributed by atoms with Crippen LogP contribution in [0.25, 0.3) is 10.2 Å². The van der Waals surface area contributed by atoms with E-state index in [0.717, 1.165) is 49.3 Å². The van der Waals surface area contributed by atoms with Gasteiger partial charge >= 0.3 is 12.1 Å². The van der Waals surface area contributed by atoms with Gasteiger partial charge in [-0.3, -0.25) is 0 Å². The van der Waals surface area contributed by atoms with Crippen LogP contribution in [0.15, 0.2) is 36.7 Å². The maximum Gasteiger partial charge on any atom is 0.393 e. The lowest BCUT2D eigenvalue weighted by Gasteiger charge is -2.22. The van der Waals surface area contributed by atoms with Crippen molar-refractivity contribution in [1.82, 2.24) is 15.3 Å². The summed E-state index contributed by atoms with van der Waals surface area (Å²) < 4.78 is 43.5. The van der Waals surface area contributed by atoms with Gasteiger partial charge in [0.25, 0.3) is 0 Å². The number of benzene rings is 1. The summed E-state index contributed by atoms with van der Waals surface area (Å²) in [5, 5.41) is 4.29. The van der Waals surface area contributed by atoms with E-state index in [1.165, 1.54) is 6.33 Å². The van der Waals surface area contributed by atoms with E-state index in [-0.39, 0.29) is 10.8 Å². The maximum absolute atomic E-state index is 12.8. The monoisotopic (exact) mass is 492 g/mol. The van der Waals surface area contributed by atoms with E-state index in [1.54, 1.807) is 25.1 Å². The zero-order chi connectivity index (χ0) is 24.1. The van der Waals surface area contributed by atoms with Gasteiger partial charge in [0.1, 0.15) is 17.0 Å². The molecule has 0 radical (unpaired) electrons. The van der Waals surface area contributed by atoms with Crippen LogP contribution in [0.2, 0.25) is 0 Å². The van der Waals surface area contributed by atoms with E-state index in [1.807, 2.05) is 12.1 Å². The summed E-state index contributed by atoms with van der Waals surface area (Å²) >= 11 is 1.08. The Hall–Kier alpha value is -2.72. The van der Waals surface area contributed by atoms with Crippen molar-refractivity contribution < 1.29 is 22.7 Å². The minimum atomic E-state index is -4.24. The minimum Gasteiger partial charge on any atom is -0.462 e. The van der Waals surface area contributed by atoms with Crippen LogP contribution in [0.4, 0.5) is 19.0 Å². The molecule has 1 saturated heterocycles. The molecule has 1 unspecified atom stereocenters. The molecule has 10 heteroatoms. The number of nitrogens with one attached hydrogen (secondary N) is 1. The van der Waals surface area contributed by atoms with Gasteiger partial charge in [-0.2, -0.15) is 13.2 Å². The molecular formula is C24H27F3N4O2S. The summed E-state index contributed by atoms with van der Waals surface area (Å²) in [5.41, 5.74) is 1.63. The number of ether oxygens (including phenoxy) is 1. The Labute approximate surface area is 200 Å². The largest absolute Gasteiger partial charge is 0.462 e. The number of nitrogens with zero attached hydrogens (tertiary/aromatic N) is 3. The van der Waals surface area contributed by atoms with Gasteiger partial charge in [-0.25, -0.2) is 14.8 Å². The first-order chi connectivity index (χ1) is 16.3. The Morgan fingerprint density at radius 1 is 1.21 bits per heavy atom. The molecule has 0 spiro atoms. The van der Waals surface area contributed by atoms with Crippen molar-refractivity contribution in [2.75, 3.05) is 24.6 Å². The van der Waals surface area contributed by atoms with E-state index in [9.17, 15) is 18.0 Å². The topological polar surface area (TPSA) is 67.3 Å². The highest BCUT2D eigenvalue weighted by Crippen LogP contribution is 2.34. The molecule has 34 heavy (non-hydrogen) atoms. The highest BCUT2D eigenvalue weighted by atomic mass is 32.1. The summed E-state index contributed by atoms with van der Waals surface area (Å²) in [6.07, 6.45) is -0.910. The fourth-order valence-corrected chi connectivity index (χ4v) is 5.20. The fraction of sp³-hybridized carbons (Fsp3) is 0.458. The first-order valence-corrected chi connectivity index (χ1v) is 12.2. The number of halogens is 3. The quantitative estimate of drug-likeness (QED) is 0.462. The third kappa shape index (κ3) is 6.24. The van der Waals surface area contributed by atoms with Crippen LogP contribution in [-0.2, 0) is 17.7 Å². The lowest BCUT2D eigenvalue weighted by atomic mass is 10.1. The van der Waals surface area contributed by atoms with Gasteiger partial charge in [0.05, 0.1) is 24.0 Å². The van der Waals surface area contributed by atoms with Gasteiger partial charge in [0, 0.05) is 30.6 Å². The molecule has 1 aromatic carbocycles. The second kappa shape index (κ2) is 10.7. The highest BCUT2D eigenvalue weighted by molar-refractivity contribution is 7.18. The maximum atomic E-state index is 12.8. The predicted octanol–water partition coefficient (Wildman–Crippen LogP) is 5.12. The fourth-order valence-electron chi connectivity index (χ4n) is 4.18. The van der Waals surface area contributed by atoms with Crippen molar-refractivity contribution in [3.63, 3.8) is 0 Å². The van der Waals surface area contributed by atoms with Crippen LogP contribution in [0, 0.1) is 0 Å². The number of esters is 1. The van der Waals surface area contributed by atoms with E-state index < -0.39 is 12.6 Å². The molecule has 0 aliphatic carbocycles. The molecule has 1 aliphatic heterocycles. The van der Waals surface area contributed by atoms with Gasteiger partial charge < -0.3 is 15.0 Å². The number of alkyl halides is 3. The molecule has 1 aliphatic rings. The number of carbonyl (C=O) groups excluding carboxylic acids is 1. The Kier molecular flexibility index (Phi) is 7.67. The highest BCUT2D eigenvalue weighted by Gasteiger charge is 2.29. The molecule has 1 atom stereocenters. The van der Waals surface area contributed by atoms with Crippen molar-refractivity contribution >= 4 is 33.3 Å². The molecule has 2 aromatic heterocycles. The lowest BCUT2D eigenvalue weighted by molar-refractivity contribution is -0.126. The number of anilines is 1. The molecule has 4 rings (SSSR count). The number of thiophene rings is 1. The van der Waals surface area contributed by atoms with Gasteiger partial charge in [-0.15, -0.1) is 11.3 Å². The zero-order valence-electron chi connectivity index (χ0n) is 18.9.